The molecular weight excluding hydrogens is 312 g/mol. The summed E-state index contributed by atoms with van der Waals surface area (Å²) in [5.41, 5.74) is 2.54. The van der Waals surface area contributed by atoms with Crippen LogP contribution in [-0.2, 0) is 27.3 Å². The van der Waals surface area contributed by atoms with Gasteiger partial charge in [0.1, 0.15) is 0 Å². The molecule has 7 heteroatoms. The molecule has 0 aliphatic heterocycles. The van der Waals surface area contributed by atoms with E-state index < -0.39 is 11.9 Å². The topological polar surface area (TPSA) is 109 Å². The van der Waals surface area contributed by atoms with E-state index in [-0.39, 0.29) is 25.2 Å². The average molecular weight is 332 g/mol. The number of aliphatic carboxylic acids is 2. The third kappa shape index (κ3) is 4.34. The van der Waals surface area contributed by atoms with Gasteiger partial charge in [0, 0.05) is 35.2 Å². The Kier molecular flexibility index (Phi) is 5.57. The molecule has 0 atom stereocenters. The van der Waals surface area contributed by atoms with Gasteiger partial charge in [-0.3, -0.25) is 14.4 Å². The molecule has 0 fully saturated rings. The third-order valence-corrected chi connectivity index (χ3v) is 3.75. The highest BCUT2D eigenvalue weighted by molar-refractivity contribution is 5.95. The van der Waals surface area contributed by atoms with Crippen molar-refractivity contribution < 1.29 is 24.6 Å². The number of rotatable bonds is 8. The molecule has 0 bridgehead atoms. The highest BCUT2D eigenvalue weighted by Crippen LogP contribution is 2.24. The van der Waals surface area contributed by atoms with Gasteiger partial charge in [0.25, 0.3) is 0 Å². The number of carboxylic acids is 2. The van der Waals surface area contributed by atoms with E-state index in [4.69, 9.17) is 10.2 Å². The summed E-state index contributed by atoms with van der Waals surface area (Å²) in [6.07, 6.45) is 0.534. The fraction of sp³-hybridized carbons (Fsp3) is 0.353. The SMILES string of the molecule is CCc1cc2cc(NC(=O)CCC(=O)O)ccc2n1CCC(=O)O. The quantitative estimate of drug-likeness (QED) is 0.688. The number of anilines is 1. The molecule has 1 aromatic carbocycles. The molecule has 1 amide bonds. The minimum absolute atomic E-state index is 0.0461. The zero-order chi connectivity index (χ0) is 17.7. The minimum atomic E-state index is -1.01. The van der Waals surface area contributed by atoms with Gasteiger partial charge in [0.05, 0.1) is 12.8 Å². The van der Waals surface area contributed by atoms with Crippen LogP contribution in [0.1, 0.15) is 31.9 Å². The van der Waals surface area contributed by atoms with Gasteiger partial charge in [-0.05, 0) is 30.7 Å². The summed E-state index contributed by atoms with van der Waals surface area (Å²) in [5, 5.41) is 21.1. The molecule has 0 saturated carbocycles. The number of aryl methyl sites for hydroxylation is 2. The first kappa shape index (κ1) is 17.5. The number of aromatic nitrogens is 1. The van der Waals surface area contributed by atoms with Gasteiger partial charge in [0.15, 0.2) is 0 Å². The number of carboxylic acid groups (broad SMARTS) is 2. The molecule has 1 heterocycles. The van der Waals surface area contributed by atoms with E-state index in [9.17, 15) is 14.4 Å². The van der Waals surface area contributed by atoms with Crippen LogP contribution in [0.5, 0.6) is 0 Å². The normalized spacial score (nSPS) is 10.7. The minimum Gasteiger partial charge on any atom is -0.481 e. The van der Waals surface area contributed by atoms with Crippen LogP contribution in [-0.4, -0.2) is 32.6 Å². The van der Waals surface area contributed by atoms with Gasteiger partial charge in [-0.15, -0.1) is 0 Å². The Labute approximate surface area is 138 Å². The number of nitrogens with zero attached hydrogens (tertiary/aromatic N) is 1. The maximum atomic E-state index is 11.7. The molecule has 1 aromatic heterocycles. The van der Waals surface area contributed by atoms with Crippen LogP contribution in [0.3, 0.4) is 0 Å². The van der Waals surface area contributed by atoms with Crippen LogP contribution in [0.15, 0.2) is 24.3 Å². The molecule has 128 valence electrons. The van der Waals surface area contributed by atoms with E-state index in [1.165, 1.54) is 0 Å². The highest BCUT2D eigenvalue weighted by atomic mass is 16.4. The van der Waals surface area contributed by atoms with Gasteiger partial charge in [-0.2, -0.15) is 0 Å². The van der Waals surface area contributed by atoms with Gasteiger partial charge in [0.2, 0.25) is 5.91 Å². The van der Waals surface area contributed by atoms with E-state index in [2.05, 4.69) is 5.32 Å². The van der Waals surface area contributed by atoms with Crippen molar-refractivity contribution in [3.8, 4) is 0 Å². The predicted octanol–water partition coefficient (Wildman–Crippen LogP) is 2.48. The van der Waals surface area contributed by atoms with Gasteiger partial charge in [-0.25, -0.2) is 0 Å². The Morgan fingerprint density at radius 2 is 1.75 bits per heavy atom. The van der Waals surface area contributed by atoms with Crippen LogP contribution < -0.4 is 5.32 Å². The van der Waals surface area contributed by atoms with Crippen molar-refractivity contribution in [2.75, 3.05) is 5.32 Å². The zero-order valence-corrected chi connectivity index (χ0v) is 13.4. The lowest BCUT2D eigenvalue weighted by molar-refractivity contribution is -0.138. The molecule has 0 aliphatic carbocycles. The molecule has 0 spiro atoms. The fourth-order valence-corrected chi connectivity index (χ4v) is 2.61. The van der Waals surface area contributed by atoms with E-state index in [0.717, 1.165) is 23.0 Å². The summed E-state index contributed by atoms with van der Waals surface area (Å²) in [5.74, 6) is -2.21. The van der Waals surface area contributed by atoms with Gasteiger partial charge in [-0.1, -0.05) is 6.92 Å². The molecule has 24 heavy (non-hydrogen) atoms. The smallest absolute Gasteiger partial charge is 0.305 e. The van der Waals surface area contributed by atoms with Crippen LogP contribution in [0.25, 0.3) is 10.9 Å². The van der Waals surface area contributed by atoms with Crippen molar-refractivity contribution in [2.24, 2.45) is 0 Å². The maximum Gasteiger partial charge on any atom is 0.305 e. The van der Waals surface area contributed by atoms with Crippen LogP contribution in [0.4, 0.5) is 5.69 Å². The number of fused-ring (bicyclic) bond motifs is 1. The predicted molar refractivity (Wildman–Crippen MR) is 89.1 cm³/mol. The molecule has 2 aromatic rings. The number of hydrogen-bond acceptors (Lipinski definition) is 3. The Bertz CT molecular complexity index is 779. The maximum absolute atomic E-state index is 11.7. The van der Waals surface area contributed by atoms with Crippen LogP contribution in [0.2, 0.25) is 0 Å². The second kappa shape index (κ2) is 7.63. The van der Waals surface area contributed by atoms with Crippen molar-refractivity contribution in [1.82, 2.24) is 4.57 Å². The van der Waals surface area contributed by atoms with E-state index in [0.29, 0.717) is 12.2 Å². The summed E-state index contributed by atoms with van der Waals surface area (Å²) in [6.45, 7) is 2.40. The summed E-state index contributed by atoms with van der Waals surface area (Å²) in [7, 11) is 0. The molecule has 0 radical (unpaired) electrons. The molecule has 7 nitrogen and oxygen atoms in total. The van der Waals surface area contributed by atoms with Crippen molar-refractivity contribution >= 4 is 34.4 Å². The first-order valence-corrected chi connectivity index (χ1v) is 7.76. The first-order valence-electron chi connectivity index (χ1n) is 7.76. The van der Waals surface area contributed by atoms with Crippen molar-refractivity contribution in [1.29, 1.82) is 0 Å². The van der Waals surface area contributed by atoms with Gasteiger partial charge < -0.3 is 20.1 Å². The van der Waals surface area contributed by atoms with Crippen LogP contribution in [0, 0.1) is 0 Å². The monoisotopic (exact) mass is 332 g/mol. The van der Waals surface area contributed by atoms with E-state index >= 15 is 0 Å². The molecular formula is C17H20N2O5. The Morgan fingerprint density at radius 3 is 2.38 bits per heavy atom. The lowest BCUT2D eigenvalue weighted by atomic mass is 10.2. The van der Waals surface area contributed by atoms with Crippen LogP contribution >= 0.6 is 0 Å². The third-order valence-electron chi connectivity index (χ3n) is 3.75. The van der Waals surface area contributed by atoms with Crippen molar-refractivity contribution in [3.05, 3.63) is 30.0 Å². The number of hydrogen-bond donors (Lipinski definition) is 3. The molecule has 3 N–H and O–H groups in total. The molecule has 0 aliphatic rings. The standard InChI is InChI=1S/C17H20N2O5/c1-2-13-10-11-9-12(18-15(20)5-6-16(21)22)3-4-14(11)19(13)8-7-17(23)24/h3-4,9-10H,2,5-8H2,1H3,(H,18,20)(H,21,22)(H,23,24). The lowest BCUT2D eigenvalue weighted by Crippen LogP contribution is -2.13. The highest BCUT2D eigenvalue weighted by Gasteiger charge is 2.11. The lowest BCUT2D eigenvalue weighted by Gasteiger charge is -2.09. The zero-order valence-electron chi connectivity index (χ0n) is 13.4. The van der Waals surface area contributed by atoms with E-state index in [1.807, 2.05) is 29.7 Å². The fourth-order valence-electron chi connectivity index (χ4n) is 2.61. The largest absolute Gasteiger partial charge is 0.481 e. The van der Waals surface area contributed by atoms with Gasteiger partial charge >= 0.3 is 11.9 Å². The Hall–Kier alpha value is -2.83. The number of nitrogens with one attached hydrogen (secondary N) is 1. The van der Waals surface area contributed by atoms with E-state index in [1.54, 1.807) is 6.07 Å². The summed E-state index contributed by atoms with van der Waals surface area (Å²) in [4.78, 5) is 33.0. The summed E-state index contributed by atoms with van der Waals surface area (Å²) < 4.78 is 1.97. The summed E-state index contributed by atoms with van der Waals surface area (Å²) >= 11 is 0. The number of benzene rings is 1. The van der Waals surface area contributed by atoms with Crippen molar-refractivity contribution in [2.45, 2.75) is 39.2 Å². The number of carbonyl (C=O) groups excluding carboxylic acids is 1. The Balaban J connectivity index is 2.20. The summed E-state index contributed by atoms with van der Waals surface area (Å²) in [6, 6.07) is 7.36. The second-order valence-corrected chi connectivity index (χ2v) is 5.50. The number of carbonyl (C=O) groups is 3. The number of amides is 1. The molecule has 0 saturated heterocycles. The van der Waals surface area contributed by atoms with Crippen molar-refractivity contribution in [3.63, 3.8) is 0 Å². The Morgan fingerprint density at radius 1 is 1.04 bits per heavy atom. The average Bonchev–Trinajstić information content (AvgIpc) is 2.87. The first-order chi connectivity index (χ1) is 11.4. The molecule has 0 unspecified atom stereocenters. The molecule has 2 rings (SSSR count). The second-order valence-electron chi connectivity index (χ2n) is 5.50.